The predicted octanol–water partition coefficient (Wildman–Crippen LogP) is 3.38. The molecule has 1 N–H and O–H groups in total. The van der Waals surface area contributed by atoms with Crippen molar-refractivity contribution in [2.75, 3.05) is 20.0 Å². The van der Waals surface area contributed by atoms with Gasteiger partial charge in [0, 0.05) is 28.4 Å². The van der Waals surface area contributed by atoms with Crippen LogP contribution < -0.4 is 14.8 Å². The smallest absolute Gasteiger partial charge is 0.260 e. The second-order valence-electron chi connectivity index (χ2n) is 6.60. The molecule has 6 nitrogen and oxygen atoms in total. The van der Waals surface area contributed by atoms with E-state index >= 15 is 0 Å². The van der Waals surface area contributed by atoms with E-state index in [2.05, 4.69) is 5.32 Å². The lowest BCUT2D eigenvalue weighted by molar-refractivity contribution is -0.124. The molecule has 1 fully saturated rings. The lowest BCUT2D eigenvalue weighted by atomic mass is 10.1. The Morgan fingerprint density at radius 1 is 1.31 bits per heavy atom. The summed E-state index contributed by atoms with van der Waals surface area (Å²) in [4.78, 5) is 27.5. The van der Waals surface area contributed by atoms with Crippen molar-refractivity contribution in [1.82, 2.24) is 10.2 Å². The lowest BCUT2D eigenvalue weighted by Gasteiger charge is -2.22. The van der Waals surface area contributed by atoms with Gasteiger partial charge in [0.15, 0.2) is 11.5 Å². The molecule has 0 bridgehead atoms. The van der Waals surface area contributed by atoms with Crippen LogP contribution in [0.25, 0.3) is 0 Å². The summed E-state index contributed by atoms with van der Waals surface area (Å²) < 4.78 is 24.6. The Hall–Kier alpha value is -2.45. The molecule has 4 rings (SSSR count). The first kappa shape index (κ1) is 19.8. The number of hydrogen-bond donors (Lipinski definition) is 1. The highest BCUT2D eigenvalue weighted by Crippen LogP contribution is 2.52. The van der Waals surface area contributed by atoms with Crippen LogP contribution in [-0.2, 0) is 11.3 Å². The number of ether oxygens (including phenoxy) is 2. The molecule has 1 saturated heterocycles. The van der Waals surface area contributed by atoms with Gasteiger partial charge in [-0.3, -0.25) is 9.59 Å². The fourth-order valence-corrected chi connectivity index (χ4v) is 5.37. The normalized spacial score (nSPS) is 19.7. The van der Waals surface area contributed by atoms with Gasteiger partial charge in [0.25, 0.3) is 5.91 Å². The number of amides is 2. The molecule has 2 aliphatic heterocycles. The summed E-state index contributed by atoms with van der Waals surface area (Å²) >= 11 is 7.53. The van der Waals surface area contributed by atoms with E-state index in [0.29, 0.717) is 22.8 Å². The first-order chi connectivity index (χ1) is 14.0. The van der Waals surface area contributed by atoms with Crippen molar-refractivity contribution in [2.24, 2.45) is 0 Å². The molecule has 0 aromatic heterocycles. The van der Waals surface area contributed by atoms with E-state index in [1.807, 2.05) is 6.07 Å². The molecule has 2 amide bonds. The second-order valence-corrected chi connectivity index (χ2v) is 8.12. The number of carbonyl (C=O) groups excluding carboxylic acids is 2. The molecule has 0 aliphatic carbocycles. The monoisotopic (exact) mass is 436 g/mol. The van der Waals surface area contributed by atoms with Crippen molar-refractivity contribution in [3.8, 4) is 11.5 Å². The average Bonchev–Trinajstić information content (AvgIpc) is 3.27. The van der Waals surface area contributed by atoms with Gasteiger partial charge in [-0.15, -0.1) is 11.8 Å². The van der Waals surface area contributed by atoms with E-state index in [9.17, 15) is 14.0 Å². The highest BCUT2D eigenvalue weighted by Gasteiger charge is 2.50. The minimum Gasteiger partial charge on any atom is -0.493 e. The van der Waals surface area contributed by atoms with Crippen LogP contribution in [0.2, 0.25) is 5.02 Å². The van der Waals surface area contributed by atoms with Gasteiger partial charge in [-0.25, -0.2) is 4.39 Å². The molecule has 0 unspecified atom stereocenters. The molecule has 9 heteroatoms. The van der Waals surface area contributed by atoms with Crippen LogP contribution in [0.1, 0.15) is 26.9 Å². The largest absolute Gasteiger partial charge is 0.493 e. The van der Waals surface area contributed by atoms with E-state index in [0.717, 1.165) is 5.56 Å². The van der Waals surface area contributed by atoms with Crippen LogP contribution in [0.15, 0.2) is 30.3 Å². The van der Waals surface area contributed by atoms with Crippen molar-refractivity contribution in [2.45, 2.75) is 18.0 Å². The molecule has 2 aliphatic rings. The highest BCUT2D eigenvalue weighted by molar-refractivity contribution is 7.99. The number of nitrogens with zero attached hydrogens (tertiary/aromatic N) is 1. The van der Waals surface area contributed by atoms with Crippen LogP contribution in [-0.4, -0.2) is 42.7 Å². The van der Waals surface area contributed by atoms with Crippen molar-refractivity contribution in [1.29, 1.82) is 0 Å². The molecule has 2 aromatic rings. The topological polar surface area (TPSA) is 67.9 Å². The molecule has 152 valence electrons. The molecular weight excluding hydrogens is 419 g/mol. The Kier molecular flexibility index (Phi) is 5.31. The number of hydrogen-bond acceptors (Lipinski definition) is 5. The molecule has 2 heterocycles. The molecular formula is C20H18ClFN2O4S. The molecule has 0 radical (unpaired) electrons. The summed E-state index contributed by atoms with van der Waals surface area (Å²) in [5.41, 5.74) is 1.43. The second kappa shape index (κ2) is 7.76. The number of carbonyl (C=O) groups is 2. The quantitative estimate of drug-likeness (QED) is 0.778. The third kappa shape index (κ3) is 3.20. The molecule has 0 spiro atoms. The predicted molar refractivity (Wildman–Crippen MR) is 108 cm³/mol. The summed E-state index contributed by atoms with van der Waals surface area (Å²) in [6.45, 7) is -0.0533. The molecule has 29 heavy (non-hydrogen) atoms. The maximum atomic E-state index is 14.0. The van der Waals surface area contributed by atoms with Crippen molar-refractivity contribution in [3.05, 3.63) is 57.9 Å². The van der Waals surface area contributed by atoms with Crippen LogP contribution in [0.5, 0.6) is 11.5 Å². The maximum absolute atomic E-state index is 14.0. The van der Waals surface area contributed by atoms with Gasteiger partial charge in [-0.05, 0) is 18.2 Å². The van der Waals surface area contributed by atoms with Crippen LogP contribution >= 0.6 is 23.4 Å². The molecule has 0 saturated carbocycles. The van der Waals surface area contributed by atoms with Crippen LogP contribution in [0, 0.1) is 5.82 Å². The summed E-state index contributed by atoms with van der Waals surface area (Å²) in [6.07, 6.45) is 0. The number of methoxy groups -OCH3 is 2. The third-order valence-corrected chi connectivity index (χ3v) is 6.76. The average molecular weight is 437 g/mol. The number of fused-ring (bicyclic) bond motifs is 3. The van der Waals surface area contributed by atoms with Gasteiger partial charge in [-0.1, -0.05) is 23.7 Å². The Morgan fingerprint density at radius 3 is 2.79 bits per heavy atom. The van der Waals surface area contributed by atoms with Gasteiger partial charge in [0.05, 0.1) is 19.8 Å². The summed E-state index contributed by atoms with van der Waals surface area (Å²) in [5.74, 6) is 0.142. The number of benzene rings is 2. The SMILES string of the molecule is COc1ccc2c(c1OC)C(=O)N1[C@@H]2SC[C@H]1C(=O)NCc1c(F)cccc1Cl. The fraction of sp³-hybridized carbons (Fsp3) is 0.300. The Bertz CT molecular complexity index is 982. The van der Waals surface area contributed by atoms with E-state index in [4.69, 9.17) is 21.1 Å². The van der Waals surface area contributed by atoms with Crippen molar-refractivity contribution >= 4 is 35.2 Å². The van der Waals surface area contributed by atoms with E-state index in [1.165, 1.54) is 38.1 Å². The van der Waals surface area contributed by atoms with E-state index < -0.39 is 11.9 Å². The zero-order valence-electron chi connectivity index (χ0n) is 15.7. The van der Waals surface area contributed by atoms with Crippen LogP contribution in [0.4, 0.5) is 4.39 Å². The van der Waals surface area contributed by atoms with Gasteiger partial charge in [0.1, 0.15) is 17.2 Å². The molecule has 2 aromatic carbocycles. The minimum absolute atomic E-state index is 0.0533. The lowest BCUT2D eigenvalue weighted by Crippen LogP contribution is -2.45. The van der Waals surface area contributed by atoms with Crippen LogP contribution in [0.3, 0.4) is 0 Å². The van der Waals surface area contributed by atoms with Gasteiger partial charge < -0.3 is 19.7 Å². The maximum Gasteiger partial charge on any atom is 0.260 e. The summed E-state index contributed by atoms with van der Waals surface area (Å²) in [5, 5.41) is 2.68. The van der Waals surface area contributed by atoms with Gasteiger partial charge >= 0.3 is 0 Å². The summed E-state index contributed by atoms with van der Waals surface area (Å²) in [7, 11) is 2.98. The Morgan fingerprint density at radius 2 is 2.10 bits per heavy atom. The zero-order valence-corrected chi connectivity index (χ0v) is 17.3. The van der Waals surface area contributed by atoms with Crippen molar-refractivity contribution in [3.63, 3.8) is 0 Å². The Labute approximate surface area is 176 Å². The van der Waals surface area contributed by atoms with Gasteiger partial charge in [-0.2, -0.15) is 0 Å². The number of thioether (sulfide) groups is 1. The number of nitrogens with one attached hydrogen (secondary N) is 1. The van der Waals surface area contributed by atoms with Crippen molar-refractivity contribution < 1.29 is 23.5 Å². The van der Waals surface area contributed by atoms with E-state index in [-0.39, 0.29) is 34.3 Å². The third-order valence-electron chi connectivity index (χ3n) is 5.10. The first-order valence-corrected chi connectivity index (χ1v) is 10.3. The zero-order chi connectivity index (χ0) is 20.7. The standard InChI is InChI=1S/C20H18ClFN2O4S/c1-27-15-7-6-10-16(17(15)28-2)19(26)24-14(9-29-20(10)24)18(25)23-8-11-12(21)4-3-5-13(11)22/h3-7,14,20H,8-9H2,1-2H3,(H,23,25)/t14-,20+/m0/s1. The Balaban J connectivity index is 1.56. The first-order valence-electron chi connectivity index (χ1n) is 8.87. The summed E-state index contributed by atoms with van der Waals surface area (Å²) in [6, 6.07) is 7.26. The number of rotatable bonds is 5. The molecule has 2 atom stereocenters. The van der Waals surface area contributed by atoms with Gasteiger partial charge in [0.2, 0.25) is 5.91 Å². The van der Waals surface area contributed by atoms with E-state index in [1.54, 1.807) is 17.0 Å². The highest BCUT2D eigenvalue weighted by atomic mass is 35.5. The fourth-order valence-electron chi connectivity index (χ4n) is 3.69. The minimum atomic E-state index is -0.675. The number of halogens is 2.